The average molecular weight is 410 g/mol. The Labute approximate surface area is 170 Å². The summed E-state index contributed by atoms with van der Waals surface area (Å²) < 4.78 is 9.83. The van der Waals surface area contributed by atoms with E-state index in [4.69, 9.17) is 9.47 Å². The van der Waals surface area contributed by atoms with Crippen molar-refractivity contribution in [1.29, 1.82) is 0 Å². The molecule has 158 valence electrons. The average Bonchev–Trinajstić information content (AvgIpc) is 2.97. The van der Waals surface area contributed by atoms with Crippen molar-refractivity contribution in [3.05, 3.63) is 23.8 Å². The fourth-order valence-electron chi connectivity index (χ4n) is 2.82. The third kappa shape index (κ3) is 7.26. The molecule has 0 aromatic heterocycles. The molecule has 1 heterocycles. The maximum atomic E-state index is 12.9. The van der Waals surface area contributed by atoms with Gasteiger partial charge in [0.1, 0.15) is 12.2 Å². The van der Waals surface area contributed by atoms with Gasteiger partial charge in [0.2, 0.25) is 0 Å². The van der Waals surface area contributed by atoms with Gasteiger partial charge in [-0.15, -0.1) is 0 Å². The third-order valence-electron chi connectivity index (χ3n) is 4.55. The molecule has 28 heavy (non-hydrogen) atoms. The fraction of sp³-hybridized carbons (Fsp3) is 0.667. The lowest BCUT2D eigenvalue weighted by Gasteiger charge is -2.31. The molecule has 1 aliphatic rings. The number of carbonyl (C=O) groups is 3. The Hall–Kier alpha value is -1.89. The molecule has 1 atom stereocenters. The second-order valence-corrected chi connectivity index (χ2v) is 14.9. The van der Waals surface area contributed by atoms with Crippen molar-refractivity contribution < 1.29 is 23.9 Å². The van der Waals surface area contributed by atoms with Crippen LogP contribution in [-0.2, 0) is 19.1 Å². The first-order valence-corrected chi connectivity index (χ1v) is 13.5. The van der Waals surface area contributed by atoms with Gasteiger partial charge in [-0.2, -0.15) is 0 Å². The highest BCUT2D eigenvalue weighted by Crippen LogP contribution is 2.30. The lowest BCUT2D eigenvalue weighted by molar-refractivity contribution is -0.140. The minimum atomic E-state index is -1.08. The van der Waals surface area contributed by atoms with E-state index in [-0.39, 0.29) is 17.6 Å². The van der Waals surface area contributed by atoms with Crippen LogP contribution >= 0.6 is 0 Å². The number of amides is 2. The number of hydrogen-bond donors (Lipinski definition) is 0. The Kier molecular flexibility index (Phi) is 8.66. The number of imide groups is 1. The van der Waals surface area contributed by atoms with Gasteiger partial charge < -0.3 is 9.47 Å². The smallest absolute Gasteiger partial charge is 0.417 e. The molecule has 0 radical (unpaired) electrons. The maximum absolute atomic E-state index is 12.9. The van der Waals surface area contributed by atoms with E-state index >= 15 is 0 Å². The van der Waals surface area contributed by atoms with Crippen LogP contribution in [0.3, 0.4) is 0 Å². The molecule has 7 heteroatoms. The lowest BCUT2D eigenvalue weighted by Crippen LogP contribution is -2.47. The quantitative estimate of drug-likeness (QED) is 0.112. The number of methoxy groups -OCH3 is 1. The van der Waals surface area contributed by atoms with Crippen molar-refractivity contribution in [3.63, 3.8) is 0 Å². The molecule has 1 aliphatic heterocycles. The van der Waals surface area contributed by atoms with Crippen LogP contribution in [0.2, 0.25) is 25.7 Å². The zero-order chi connectivity index (χ0) is 21.5. The highest BCUT2D eigenvalue weighted by Gasteiger charge is 2.46. The predicted molar refractivity (Wildman–Crippen MR) is 113 cm³/mol. The molecule has 1 fully saturated rings. The highest BCUT2D eigenvalue weighted by molar-refractivity contribution is 6.76. The first-order chi connectivity index (χ1) is 12.9. The summed E-state index contributed by atoms with van der Waals surface area (Å²) in [5.41, 5.74) is -0.466. The molecule has 0 N–H and O–H groups in total. The Balaban J connectivity index is 2.81. The zero-order valence-electron chi connectivity index (χ0n) is 18.3. The number of cyclic esters (lactones) is 1. The van der Waals surface area contributed by atoms with E-state index in [1.807, 2.05) is 20.8 Å². The number of unbranched alkanes of at least 4 members (excludes halogenated alkanes) is 2. The number of ether oxygens (including phenoxy) is 2. The fourth-order valence-corrected chi connectivity index (χ4v) is 3.69. The molecule has 6 nitrogen and oxygen atoms in total. The van der Waals surface area contributed by atoms with Crippen molar-refractivity contribution >= 4 is 26.0 Å². The summed E-state index contributed by atoms with van der Waals surface area (Å²) in [6.07, 6.45) is 7.47. The molecule has 1 rings (SSSR count). The van der Waals surface area contributed by atoms with Gasteiger partial charge in [0.15, 0.2) is 0 Å². The van der Waals surface area contributed by atoms with Gasteiger partial charge in [0, 0.05) is 8.07 Å². The normalized spacial score (nSPS) is 18.5. The Morgan fingerprint density at radius 3 is 2.39 bits per heavy atom. The Bertz CT molecular complexity index is 640. The maximum Gasteiger partial charge on any atom is 0.417 e. The first-order valence-electron chi connectivity index (χ1n) is 9.82. The van der Waals surface area contributed by atoms with Crippen molar-refractivity contribution in [2.75, 3.05) is 13.7 Å². The monoisotopic (exact) mass is 409 g/mol. The number of allylic oxidation sites excluding steroid dienone is 3. The van der Waals surface area contributed by atoms with E-state index in [1.54, 1.807) is 6.08 Å². The minimum Gasteiger partial charge on any atom is -0.465 e. The van der Waals surface area contributed by atoms with Gasteiger partial charge in [0.05, 0.1) is 13.2 Å². The number of hydrogen-bond acceptors (Lipinski definition) is 5. The van der Waals surface area contributed by atoms with Gasteiger partial charge >= 0.3 is 12.1 Å². The van der Waals surface area contributed by atoms with Crippen LogP contribution in [-0.4, -0.2) is 50.7 Å². The summed E-state index contributed by atoms with van der Waals surface area (Å²) in [6.45, 7) is 12.9. The molecule has 0 aromatic carbocycles. The van der Waals surface area contributed by atoms with Crippen molar-refractivity contribution in [1.82, 2.24) is 4.90 Å². The summed E-state index contributed by atoms with van der Waals surface area (Å²) >= 11 is 0. The van der Waals surface area contributed by atoms with E-state index in [9.17, 15) is 14.4 Å². The predicted octanol–water partition coefficient (Wildman–Crippen LogP) is 4.54. The summed E-state index contributed by atoms with van der Waals surface area (Å²) in [6, 6.07) is 0.713. The van der Waals surface area contributed by atoms with Gasteiger partial charge in [-0.1, -0.05) is 58.6 Å². The van der Waals surface area contributed by atoms with E-state index in [1.165, 1.54) is 7.11 Å². The number of carbonyl (C=O) groups excluding carboxylic acids is 3. The van der Waals surface area contributed by atoms with Crippen molar-refractivity contribution in [3.8, 4) is 0 Å². The Morgan fingerprint density at radius 2 is 1.86 bits per heavy atom. The SMILES string of the molecule is COC(=O)/C(=C/CCC/C=C/C[Si](C)(C)C)C(=O)N1C(=O)OC[C@@H]1C(C)(C)C. The Morgan fingerprint density at radius 1 is 1.21 bits per heavy atom. The largest absolute Gasteiger partial charge is 0.465 e. The number of rotatable bonds is 8. The molecular formula is C21H35NO5Si. The van der Waals surface area contributed by atoms with Crippen LogP contribution in [0.5, 0.6) is 0 Å². The summed E-state index contributed by atoms with van der Waals surface area (Å²) in [4.78, 5) is 38.3. The lowest BCUT2D eigenvalue weighted by atomic mass is 9.86. The molecule has 0 saturated carbocycles. The first kappa shape index (κ1) is 24.1. The van der Waals surface area contributed by atoms with Gasteiger partial charge in [-0.3, -0.25) is 4.79 Å². The zero-order valence-corrected chi connectivity index (χ0v) is 19.3. The molecule has 2 amide bonds. The van der Waals surface area contributed by atoms with Gasteiger partial charge in [-0.25, -0.2) is 14.5 Å². The van der Waals surface area contributed by atoms with Crippen LogP contribution in [0.1, 0.15) is 40.0 Å². The summed E-state index contributed by atoms with van der Waals surface area (Å²) in [5, 5.41) is 0. The molecule has 0 aliphatic carbocycles. The number of esters is 1. The van der Waals surface area contributed by atoms with Crippen LogP contribution in [0.15, 0.2) is 23.8 Å². The second-order valence-electron chi connectivity index (χ2n) is 9.41. The van der Waals surface area contributed by atoms with Crippen LogP contribution < -0.4 is 0 Å². The van der Waals surface area contributed by atoms with E-state index in [0.717, 1.165) is 23.8 Å². The van der Waals surface area contributed by atoms with Gasteiger partial charge in [0.25, 0.3) is 5.91 Å². The molecular weight excluding hydrogens is 374 g/mol. The van der Waals surface area contributed by atoms with E-state index in [0.29, 0.717) is 6.42 Å². The van der Waals surface area contributed by atoms with Crippen LogP contribution in [0.4, 0.5) is 4.79 Å². The van der Waals surface area contributed by atoms with Gasteiger partial charge in [-0.05, 0) is 30.7 Å². The highest BCUT2D eigenvalue weighted by atomic mass is 28.3. The molecule has 0 unspecified atom stereocenters. The van der Waals surface area contributed by atoms with Crippen molar-refractivity contribution in [2.45, 2.75) is 71.8 Å². The van der Waals surface area contributed by atoms with E-state index < -0.39 is 32.1 Å². The second kappa shape index (κ2) is 10.0. The standard InChI is InChI=1S/C21H35NO5Si/c1-21(2,3)17-15-27-20(25)22(17)18(23)16(19(24)26-4)13-11-9-8-10-12-14-28(5,6)7/h10,12-13,17H,8-9,11,14-15H2,1-7H3/b12-10+,16-13+/t17-/m1/s1. The third-order valence-corrected chi connectivity index (χ3v) is 6.01. The summed E-state index contributed by atoms with van der Waals surface area (Å²) in [7, 11) is 0.152. The molecule has 0 bridgehead atoms. The number of nitrogens with zero attached hydrogens (tertiary/aromatic N) is 1. The topological polar surface area (TPSA) is 72.9 Å². The van der Waals surface area contributed by atoms with Crippen molar-refractivity contribution in [2.24, 2.45) is 5.41 Å². The van der Waals surface area contributed by atoms with Crippen LogP contribution in [0, 0.1) is 5.41 Å². The minimum absolute atomic E-state index is 0.110. The molecule has 0 aromatic rings. The molecule has 1 saturated heterocycles. The molecule has 0 spiro atoms. The van der Waals surface area contributed by atoms with Crippen LogP contribution in [0.25, 0.3) is 0 Å². The summed E-state index contributed by atoms with van der Waals surface area (Å²) in [5.74, 6) is -1.38. The van der Waals surface area contributed by atoms with E-state index in [2.05, 4.69) is 31.8 Å².